The van der Waals surface area contributed by atoms with Crippen molar-refractivity contribution in [2.75, 3.05) is 37.0 Å². The van der Waals surface area contributed by atoms with Crippen LogP contribution in [0.3, 0.4) is 0 Å². The van der Waals surface area contributed by atoms with Crippen LogP contribution in [0.25, 0.3) is 0 Å². The minimum Gasteiger partial charge on any atom is -0.378 e. The minimum absolute atomic E-state index is 0.0565. The summed E-state index contributed by atoms with van der Waals surface area (Å²) in [5.41, 5.74) is 5.07. The zero-order chi connectivity index (χ0) is 19.8. The van der Waals surface area contributed by atoms with Crippen LogP contribution in [0.5, 0.6) is 0 Å². The molecule has 2 fully saturated rings. The second-order valence-electron chi connectivity index (χ2n) is 7.98. The number of benzene rings is 1. The highest BCUT2D eigenvalue weighted by Gasteiger charge is 2.45. The fourth-order valence-corrected chi connectivity index (χ4v) is 6.03. The van der Waals surface area contributed by atoms with E-state index in [-0.39, 0.29) is 12.1 Å². The van der Waals surface area contributed by atoms with E-state index in [4.69, 9.17) is 9.73 Å². The van der Waals surface area contributed by atoms with Crippen LogP contribution in [0.15, 0.2) is 47.6 Å². The maximum Gasteiger partial charge on any atom is 0.160 e. The summed E-state index contributed by atoms with van der Waals surface area (Å²) in [6.45, 7) is 8.08. The highest BCUT2D eigenvalue weighted by molar-refractivity contribution is 8.14. The number of rotatable bonds is 4. The van der Waals surface area contributed by atoms with Crippen molar-refractivity contribution in [1.82, 2.24) is 9.88 Å². The van der Waals surface area contributed by atoms with Gasteiger partial charge in [0, 0.05) is 36.8 Å². The highest BCUT2D eigenvalue weighted by Crippen LogP contribution is 2.49. The maximum absolute atomic E-state index is 5.52. The van der Waals surface area contributed by atoms with Gasteiger partial charge in [-0.1, -0.05) is 30.8 Å². The van der Waals surface area contributed by atoms with Crippen molar-refractivity contribution in [3.8, 4) is 0 Å². The van der Waals surface area contributed by atoms with Crippen molar-refractivity contribution >= 4 is 22.6 Å². The molecule has 152 valence electrons. The largest absolute Gasteiger partial charge is 0.378 e. The Bertz CT molecular complexity index is 897. The summed E-state index contributed by atoms with van der Waals surface area (Å²) in [6, 6.07) is 13.9. The Balaban J connectivity index is 1.52. The smallest absolute Gasteiger partial charge is 0.160 e. The van der Waals surface area contributed by atoms with E-state index in [1.54, 1.807) is 0 Å². The molecule has 0 radical (unpaired) electrons. The van der Waals surface area contributed by atoms with Gasteiger partial charge in [0.05, 0.1) is 24.9 Å². The van der Waals surface area contributed by atoms with Crippen LogP contribution in [0.1, 0.15) is 42.2 Å². The second-order valence-corrected chi connectivity index (χ2v) is 8.96. The number of pyridine rings is 1. The number of thioether (sulfide) groups is 1. The second kappa shape index (κ2) is 8.00. The third-order valence-electron chi connectivity index (χ3n) is 6.28. The van der Waals surface area contributed by atoms with Crippen LogP contribution < -0.4 is 4.90 Å². The first-order valence-electron chi connectivity index (χ1n) is 10.6. The SMILES string of the molecule is CC[C@@H]1CSC2=N[C@@H](c3ccccn3)[C@H](c3ccc(N4CCOCC4)cc3C)N21. The molecule has 5 nitrogen and oxygen atoms in total. The van der Waals surface area contributed by atoms with Crippen molar-refractivity contribution in [3.63, 3.8) is 0 Å². The van der Waals surface area contributed by atoms with E-state index in [2.05, 4.69) is 59.0 Å². The predicted molar refractivity (Wildman–Crippen MR) is 120 cm³/mol. The van der Waals surface area contributed by atoms with Crippen LogP contribution in [-0.2, 0) is 4.74 Å². The Hall–Kier alpha value is -2.05. The summed E-state index contributed by atoms with van der Waals surface area (Å²) >= 11 is 1.90. The Labute approximate surface area is 177 Å². The molecule has 0 aliphatic carbocycles. The van der Waals surface area contributed by atoms with Crippen molar-refractivity contribution in [3.05, 3.63) is 59.4 Å². The maximum atomic E-state index is 5.52. The first-order chi connectivity index (χ1) is 14.3. The molecule has 0 saturated carbocycles. The lowest BCUT2D eigenvalue weighted by molar-refractivity contribution is 0.122. The van der Waals surface area contributed by atoms with Crippen LogP contribution in [0, 0.1) is 6.92 Å². The molecule has 0 N–H and O–H groups in total. The van der Waals surface area contributed by atoms with Gasteiger partial charge in [-0.3, -0.25) is 9.98 Å². The Morgan fingerprint density at radius 3 is 2.76 bits per heavy atom. The quantitative estimate of drug-likeness (QED) is 0.758. The van der Waals surface area contributed by atoms with Crippen LogP contribution in [0.4, 0.5) is 5.69 Å². The topological polar surface area (TPSA) is 41.0 Å². The van der Waals surface area contributed by atoms with Crippen molar-refractivity contribution < 1.29 is 4.74 Å². The summed E-state index contributed by atoms with van der Waals surface area (Å²) in [7, 11) is 0. The number of hydrogen-bond acceptors (Lipinski definition) is 6. The summed E-state index contributed by atoms with van der Waals surface area (Å²) in [6.07, 6.45) is 3.03. The first kappa shape index (κ1) is 18.9. The standard InChI is InChI=1S/C23H28N4OS/c1-3-17-15-29-23-25-21(20-6-4-5-9-24-20)22(27(17)23)19-8-7-18(14-16(19)2)26-10-12-28-13-11-26/h4-9,14,17,21-22H,3,10-13,15H2,1-2H3/t17-,21+,22+/m1/s1. The molecule has 0 unspecified atom stereocenters. The van der Waals surface area contributed by atoms with Gasteiger partial charge in [0.1, 0.15) is 6.04 Å². The van der Waals surface area contributed by atoms with Crippen molar-refractivity contribution in [1.29, 1.82) is 0 Å². The average Bonchev–Trinajstić information content (AvgIpc) is 3.34. The van der Waals surface area contributed by atoms with E-state index < -0.39 is 0 Å². The molecule has 0 amide bonds. The van der Waals surface area contributed by atoms with Gasteiger partial charge in [-0.05, 0) is 48.7 Å². The lowest BCUT2D eigenvalue weighted by Crippen LogP contribution is -2.37. The van der Waals surface area contributed by atoms with Gasteiger partial charge in [-0.2, -0.15) is 0 Å². The van der Waals surface area contributed by atoms with E-state index in [0.717, 1.165) is 44.2 Å². The number of amidine groups is 1. The summed E-state index contributed by atoms with van der Waals surface area (Å²) in [5, 5.41) is 1.19. The van der Waals surface area contributed by atoms with E-state index in [1.165, 1.54) is 22.0 Å². The number of aromatic nitrogens is 1. The number of fused-ring (bicyclic) bond motifs is 1. The molecule has 2 aromatic rings. The van der Waals surface area contributed by atoms with Crippen LogP contribution in [0.2, 0.25) is 0 Å². The minimum atomic E-state index is 0.0565. The van der Waals surface area contributed by atoms with Crippen molar-refractivity contribution in [2.45, 2.75) is 38.4 Å². The van der Waals surface area contributed by atoms with Gasteiger partial charge in [-0.25, -0.2) is 0 Å². The lowest BCUT2D eigenvalue weighted by atomic mass is 9.91. The number of ether oxygens (including phenoxy) is 1. The normalized spacial score (nSPS) is 26.6. The Morgan fingerprint density at radius 1 is 1.17 bits per heavy atom. The van der Waals surface area contributed by atoms with E-state index >= 15 is 0 Å². The van der Waals surface area contributed by atoms with E-state index in [9.17, 15) is 0 Å². The molecule has 1 aromatic carbocycles. The number of anilines is 1. The molecule has 29 heavy (non-hydrogen) atoms. The zero-order valence-corrected chi connectivity index (χ0v) is 17.9. The first-order valence-corrected chi connectivity index (χ1v) is 11.6. The molecule has 0 bridgehead atoms. The molecule has 4 heterocycles. The monoisotopic (exact) mass is 408 g/mol. The number of morpholine rings is 1. The fourth-order valence-electron chi connectivity index (χ4n) is 4.70. The average molecular weight is 409 g/mol. The summed E-state index contributed by atoms with van der Waals surface area (Å²) < 4.78 is 5.52. The molecule has 0 spiro atoms. The molecular formula is C23H28N4OS. The van der Waals surface area contributed by atoms with Gasteiger partial charge in [0.25, 0.3) is 0 Å². The Morgan fingerprint density at radius 2 is 2.03 bits per heavy atom. The van der Waals surface area contributed by atoms with Crippen LogP contribution >= 0.6 is 11.8 Å². The molecule has 6 heteroatoms. The summed E-state index contributed by atoms with van der Waals surface area (Å²) in [4.78, 5) is 14.8. The summed E-state index contributed by atoms with van der Waals surface area (Å²) in [5.74, 6) is 1.13. The molecule has 3 atom stereocenters. The zero-order valence-electron chi connectivity index (χ0n) is 17.1. The molecule has 5 rings (SSSR count). The number of aryl methyl sites for hydroxylation is 1. The van der Waals surface area contributed by atoms with E-state index in [1.807, 2.05) is 24.0 Å². The van der Waals surface area contributed by atoms with Gasteiger partial charge >= 0.3 is 0 Å². The molecule has 2 saturated heterocycles. The number of nitrogens with zero attached hydrogens (tertiary/aromatic N) is 4. The molecular weight excluding hydrogens is 380 g/mol. The van der Waals surface area contributed by atoms with Gasteiger partial charge in [0.2, 0.25) is 0 Å². The number of aliphatic imine (C=N–C) groups is 1. The van der Waals surface area contributed by atoms with Gasteiger partial charge in [0.15, 0.2) is 5.17 Å². The van der Waals surface area contributed by atoms with E-state index in [0.29, 0.717) is 6.04 Å². The third kappa shape index (κ3) is 3.42. The van der Waals surface area contributed by atoms with Gasteiger partial charge in [-0.15, -0.1) is 0 Å². The predicted octanol–water partition coefficient (Wildman–Crippen LogP) is 4.21. The third-order valence-corrected chi connectivity index (χ3v) is 7.40. The van der Waals surface area contributed by atoms with Crippen molar-refractivity contribution in [2.24, 2.45) is 4.99 Å². The Kier molecular flexibility index (Phi) is 5.22. The number of hydrogen-bond donors (Lipinski definition) is 0. The van der Waals surface area contributed by atoms with Crippen LogP contribution in [-0.4, -0.2) is 53.1 Å². The molecule has 3 aliphatic rings. The highest BCUT2D eigenvalue weighted by atomic mass is 32.2. The lowest BCUT2D eigenvalue weighted by Gasteiger charge is -2.34. The fraction of sp³-hybridized carbons (Fsp3) is 0.478. The molecule has 3 aliphatic heterocycles. The van der Waals surface area contributed by atoms with Gasteiger partial charge < -0.3 is 14.5 Å². The molecule has 1 aromatic heterocycles.